The van der Waals surface area contributed by atoms with Gasteiger partial charge in [0.1, 0.15) is 5.82 Å². The highest BCUT2D eigenvalue weighted by atomic mass is 79.9. The van der Waals surface area contributed by atoms with Crippen LogP contribution in [0, 0.1) is 17.5 Å². The van der Waals surface area contributed by atoms with E-state index < -0.39 is 23.4 Å². The van der Waals surface area contributed by atoms with Crippen LogP contribution < -0.4 is 5.32 Å². The quantitative estimate of drug-likeness (QED) is 0.882. The molecule has 0 saturated heterocycles. The number of hydrogen-bond acceptors (Lipinski definition) is 1. The van der Waals surface area contributed by atoms with Gasteiger partial charge in [0, 0.05) is 0 Å². The van der Waals surface area contributed by atoms with E-state index in [9.17, 15) is 18.0 Å². The van der Waals surface area contributed by atoms with Crippen molar-refractivity contribution in [3.63, 3.8) is 0 Å². The lowest BCUT2D eigenvalue weighted by Crippen LogP contribution is -2.15. The van der Waals surface area contributed by atoms with Crippen molar-refractivity contribution < 1.29 is 18.0 Å². The molecule has 1 amide bonds. The summed E-state index contributed by atoms with van der Waals surface area (Å²) >= 11 is 2.94. The van der Waals surface area contributed by atoms with E-state index >= 15 is 0 Å². The van der Waals surface area contributed by atoms with Gasteiger partial charge in [-0.25, -0.2) is 13.2 Å². The molecule has 0 saturated carbocycles. The summed E-state index contributed by atoms with van der Waals surface area (Å²) < 4.78 is 40.1. The summed E-state index contributed by atoms with van der Waals surface area (Å²) in [5.41, 5.74) is -0.609. The van der Waals surface area contributed by atoms with Gasteiger partial charge >= 0.3 is 0 Å². The van der Waals surface area contributed by atoms with Crippen molar-refractivity contribution in [3.8, 4) is 0 Å². The molecule has 0 spiro atoms. The predicted octanol–water partition coefficient (Wildman–Crippen LogP) is 4.12. The molecule has 6 heteroatoms. The highest BCUT2D eigenvalue weighted by molar-refractivity contribution is 9.10. The molecule has 1 N–H and O–H groups in total. The van der Waals surface area contributed by atoms with Crippen LogP contribution in [-0.2, 0) is 0 Å². The molecule has 0 heterocycles. The first-order chi connectivity index (χ1) is 9.00. The van der Waals surface area contributed by atoms with E-state index in [0.717, 1.165) is 6.07 Å². The highest BCUT2D eigenvalue weighted by Crippen LogP contribution is 2.21. The summed E-state index contributed by atoms with van der Waals surface area (Å²) in [4.78, 5) is 11.8. The molecule has 2 aromatic rings. The Morgan fingerprint density at radius 3 is 2.42 bits per heavy atom. The number of carbonyl (C=O) groups is 1. The third-order valence-electron chi connectivity index (χ3n) is 2.40. The Hall–Kier alpha value is -1.82. The normalized spacial score (nSPS) is 10.3. The van der Waals surface area contributed by atoms with Crippen LogP contribution in [0.4, 0.5) is 18.9 Å². The van der Waals surface area contributed by atoms with Gasteiger partial charge in [0.15, 0.2) is 11.6 Å². The van der Waals surface area contributed by atoms with Crippen LogP contribution in [0.3, 0.4) is 0 Å². The molecule has 98 valence electrons. The standard InChI is InChI=1S/C13H7BrF3NO/c14-8-4-1-3-7(11(8)16)13(19)18-10-6-2-5-9(15)12(10)17/h1-6H,(H,18,19). The lowest BCUT2D eigenvalue weighted by molar-refractivity contribution is 0.102. The zero-order valence-electron chi connectivity index (χ0n) is 9.38. The van der Waals surface area contributed by atoms with E-state index in [0.29, 0.717) is 0 Å². The number of halogens is 4. The van der Waals surface area contributed by atoms with Crippen LogP contribution in [0.2, 0.25) is 0 Å². The van der Waals surface area contributed by atoms with E-state index in [1.54, 1.807) is 0 Å². The topological polar surface area (TPSA) is 29.1 Å². The van der Waals surface area contributed by atoms with E-state index in [2.05, 4.69) is 21.2 Å². The van der Waals surface area contributed by atoms with Gasteiger partial charge in [-0.15, -0.1) is 0 Å². The number of anilines is 1. The summed E-state index contributed by atoms with van der Waals surface area (Å²) in [6, 6.07) is 7.48. The molecule has 2 aromatic carbocycles. The van der Waals surface area contributed by atoms with Crippen molar-refractivity contribution in [2.45, 2.75) is 0 Å². The van der Waals surface area contributed by atoms with E-state index in [1.807, 2.05) is 0 Å². The zero-order valence-corrected chi connectivity index (χ0v) is 11.0. The van der Waals surface area contributed by atoms with Crippen LogP contribution in [0.1, 0.15) is 10.4 Å². The minimum atomic E-state index is -1.19. The smallest absolute Gasteiger partial charge is 0.258 e. The number of amides is 1. The van der Waals surface area contributed by atoms with Crippen molar-refractivity contribution in [3.05, 3.63) is 63.9 Å². The van der Waals surface area contributed by atoms with Crippen LogP contribution >= 0.6 is 15.9 Å². The largest absolute Gasteiger partial charge is 0.319 e. The number of nitrogens with one attached hydrogen (secondary N) is 1. The Kier molecular flexibility index (Phi) is 3.90. The van der Waals surface area contributed by atoms with Crippen molar-refractivity contribution in [2.24, 2.45) is 0 Å². The third-order valence-corrected chi connectivity index (χ3v) is 3.01. The van der Waals surface area contributed by atoms with Gasteiger partial charge in [0.05, 0.1) is 15.7 Å². The first-order valence-electron chi connectivity index (χ1n) is 5.20. The first-order valence-corrected chi connectivity index (χ1v) is 5.99. The molecule has 2 nitrogen and oxygen atoms in total. The average Bonchev–Trinajstić information content (AvgIpc) is 2.38. The average molecular weight is 330 g/mol. The van der Waals surface area contributed by atoms with Gasteiger partial charge in [-0.1, -0.05) is 12.1 Å². The molecule has 0 aliphatic rings. The lowest BCUT2D eigenvalue weighted by Gasteiger charge is -2.08. The van der Waals surface area contributed by atoms with Gasteiger partial charge in [-0.2, -0.15) is 0 Å². The molecule has 0 bridgehead atoms. The lowest BCUT2D eigenvalue weighted by atomic mass is 10.2. The maximum atomic E-state index is 13.7. The molecular weight excluding hydrogens is 323 g/mol. The molecule has 0 aliphatic carbocycles. The van der Waals surface area contributed by atoms with Crippen LogP contribution in [0.15, 0.2) is 40.9 Å². The first kappa shape index (κ1) is 13.6. The van der Waals surface area contributed by atoms with Gasteiger partial charge in [-0.3, -0.25) is 4.79 Å². The fourth-order valence-corrected chi connectivity index (χ4v) is 1.84. The molecule has 0 aromatic heterocycles. The van der Waals surface area contributed by atoms with Crippen LogP contribution in [0.25, 0.3) is 0 Å². The number of benzene rings is 2. The minimum absolute atomic E-state index is 0.111. The van der Waals surface area contributed by atoms with Gasteiger partial charge < -0.3 is 5.32 Å². The fraction of sp³-hybridized carbons (Fsp3) is 0. The van der Waals surface area contributed by atoms with E-state index in [1.165, 1.54) is 30.3 Å². The second-order valence-electron chi connectivity index (χ2n) is 3.66. The third kappa shape index (κ3) is 2.78. The Labute approximate surface area is 115 Å². The predicted molar refractivity (Wildman–Crippen MR) is 68.4 cm³/mol. The molecule has 0 radical (unpaired) electrons. The maximum Gasteiger partial charge on any atom is 0.258 e. The van der Waals surface area contributed by atoms with Crippen molar-refractivity contribution in [1.29, 1.82) is 0 Å². The van der Waals surface area contributed by atoms with Crippen molar-refractivity contribution in [1.82, 2.24) is 0 Å². The summed E-state index contributed by atoms with van der Waals surface area (Å²) in [5.74, 6) is -3.90. The highest BCUT2D eigenvalue weighted by Gasteiger charge is 2.16. The summed E-state index contributed by atoms with van der Waals surface area (Å²) in [6.07, 6.45) is 0. The summed E-state index contributed by atoms with van der Waals surface area (Å²) in [6.45, 7) is 0. The zero-order chi connectivity index (χ0) is 14.0. The molecule has 0 aliphatic heterocycles. The molecule has 19 heavy (non-hydrogen) atoms. The molecule has 2 rings (SSSR count). The number of carbonyl (C=O) groups excluding carboxylic acids is 1. The molecule has 0 fully saturated rings. The van der Waals surface area contributed by atoms with E-state index in [-0.39, 0.29) is 15.7 Å². The van der Waals surface area contributed by atoms with Gasteiger partial charge in [0.25, 0.3) is 5.91 Å². The fourth-order valence-electron chi connectivity index (χ4n) is 1.47. The Morgan fingerprint density at radius 2 is 1.68 bits per heavy atom. The second-order valence-corrected chi connectivity index (χ2v) is 4.51. The van der Waals surface area contributed by atoms with Crippen molar-refractivity contribution in [2.75, 3.05) is 5.32 Å². The maximum absolute atomic E-state index is 13.7. The Morgan fingerprint density at radius 1 is 1.00 bits per heavy atom. The second kappa shape index (κ2) is 5.44. The summed E-state index contributed by atoms with van der Waals surface area (Å²) in [5, 5.41) is 2.12. The number of rotatable bonds is 2. The SMILES string of the molecule is O=C(Nc1cccc(F)c1F)c1cccc(Br)c1F. The Balaban J connectivity index is 2.31. The van der Waals surface area contributed by atoms with Crippen LogP contribution in [-0.4, -0.2) is 5.91 Å². The van der Waals surface area contributed by atoms with Crippen LogP contribution in [0.5, 0.6) is 0 Å². The molecule has 0 atom stereocenters. The molecular formula is C13H7BrF3NO. The Bertz CT molecular complexity index is 646. The number of hydrogen-bond donors (Lipinski definition) is 1. The van der Waals surface area contributed by atoms with Gasteiger partial charge in [-0.05, 0) is 40.2 Å². The van der Waals surface area contributed by atoms with E-state index in [4.69, 9.17) is 0 Å². The van der Waals surface area contributed by atoms with Gasteiger partial charge in [0.2, 0.25) is 0 Å². The minimum Gasteiger partial charge on any atom is -0.319 e. The molecule has 0 unspecified atom stereocenters. The summed E-state index contributed by atoms with van der Waals surface area (Å²) in [7, 11) is 0. The van der Waals surface area contributed by atoms with Crippen molar-refractivity contribution >= 4 is 27.5 Å². The monoisotopic (exact) mass is 329 g/mol.